The van der Waals surface area contributed by atoms with Crippen LogP contribution in [0.1, 0.15) is 64.4 Å². The first-order valence-electron chi connectivity index (χ1n) is 13.9. The minimum atomic E-state index is -0.545. The van der Waals surface area contributed by atoms with Crippen molar-refractivity contribution in [1.82, 2.24) is 20.4 Å². The molecule has 7 nitrogen and oxygen atoms in total. The number of nitrogens with zero attached hydrogens (tertiary/aromatic N) is 2. The van der Waals surface area contributed by atoms with Gasteiger partial charge in [-0.2, -0.15) is 0 Å². The summed E-state index contributed by atoms with van der Waals surface area (Å²) in [6.07, 6.45) is 6.02. The van der Waals surface area contributed by atoms with E-state index in [0.29, 0.717) is 12.1 Å². The van der Waals surface area contributed by atoms with E-state index in [9.17, 15) is 14.0 Å². The van der Waals surface area contributed by atoms with E-state index in [1.54, 1.807) is 19.2 Å². The summed E-state index contributed by atoms with van der Waals surface area (Å²) in [5.74, 6) is 0.185. The van der Waals surface area contributed by atoms with Gasteiger partial charge in [-0.25, -0.2) is 4.39 Å². The Kier molecular flexibility index (Phi) is 7.27. The van der Waals surface area contributed by atoms with Crippen LogP contribution in [0.3, 0.4) is 0 Å². The predicted octanol–water partition coefficient (Wildman–Crippen LogP) is 2.93. The molecule has 3 N–H and O–H groups in total. The van der Waals surface area contributed by atoms with Crippen LogP contribution < -0.4 is 16.0 Å². The van der Waals surface area contributed by atoms with Crippen molar-refractivity contribution in [2.45, 2.75) is 89.0 Å². The highest BCUT2D eigenvalue weighted by atomic mass is 19.1. The molecule has 1 aromatic rings. The van der Waals surface area contributed by atoms with Crippen molar-refractivity contribution in [3.63, 3.8) is 0 Å². The molecule has 3 heterocycles. The van der Waals surface area contributed by atoms with E-state index in [1.165, 1.54) is 31.2 Å². The van der Waals surface area contributed by atoms with Gasteiger partial charge >= 0.3 is 0 Å². The quantitative estimate of drug-likeness (QED) is 0.538. The number of fused-ring (bicyclic) bond motifs is 2. The molecule has 1 saturated carbocycles. The molecular formula is C28H42FN5O2. The van der Waals surface area contributed by atoms with Gasteiger partial charge in [-0.1, -0.05) is 32.8 Å². The molecule has 5 rings (SSSR count). The molecule has 198 valence electrons. The monoisotopic (exact) mass is 499 g/mol. The first kappa shape index (κ1) is 25.5. The number of carbonyl (C=O) groups is 2. The van der Waals surface area contributed by atoms with E-state index in [4.69, 9.17) is 0 Å². The number of hydrogen-bond donors (Lipinski definition) is 3. The molecule has 3 aliphatic heterocycles. The Labute approximate surface area is 214 Å². The number of rotatable bonds is 7. The Bertz CT molecular complexity index is 981. The van der Waals surface area contributed by atoms with Crippen molar-refractivity contribution in [3.8, 4) is 0 Å². The van der Waals surface area contributed by atoms with E-state index >= 15 is 0 Å². The third kappa shape index (κ3) is 4.51. The largest absolute Gasteiger partial charge is 0.384 e. The van der Waals surface area contributed by atoms with E-state index in [2.05, 4.69) is 25.8 Å². The highest BCUT2D eigenvalue weighted by Crippen LogP contribution is 2.48. The molecule has 4 aliphatic rings. The molecule has 1 unspecified atom stereocenters. The summed E-state index contributed by atoms with van der Waals surface area (Å²) < 4.78 is 13.9. The lowest BCUT2D eigenvalue weighted by molar-refractivity contribution is -0.139. The van der Waals surface area contributed by atoms with Crippen LogP contribution in [0.25, 0.3) is 0 Å². The average Bonchev–Trinajstić information content (AvgIpc) is 3.64. The molecule has 6 atom stereocenters. The number of benzene rings is 1. The van der Waals surface area contributed by atoms with Crippen LogP contribution in [0, 0.1) is 17.7 Å². The van der Waals surface area contributed by atoms with E-state index < -0.39 is 6.04 Å². The molecule has 8 heteroatoms. The van der Waals surface area contributed by atoms with Crippen molar-refractivity contribution in [1.29, 1.82) is 0 Å². The molecule has 2 saturated heterocycles. The van der Waals surface area contributed by atoms with E-state index in [1.807, 2.05) is 26.8 Å². The first-order chi connectivity index (χ1) is 17.3. The van der Waals surface area contributed by atoms with Crippen LogP contribution >= 0.6 is 0 Å². The molecule has 1 aromatic carbocycles. The number of hydrogen-bond acceptors (Lipinski definition) is 5. The summed E-state index contributed by atoms with van der Waals surface area (Å²) in [6, 6.07) is 5.25. The molecule has 1 aliphatic carbocycles. The minimum absolute atomic E-state index is 0.00723. The Morgan fingerprint density at radius 1 is 1.14 bits per heavy atom. The number of carbonyl (C=O) groups excluding carboxylic acids is 2. The molecule has 36 heavy (non-hydrogen) atoms. The first-order valence-corrected chi connectivity index (χ1v) is 13.9. The molecule has 0 aromatic heterocycles. The van der Waals surface area contributed by atoms with Gasteiger partial charge in [0.05, 0.1) is 12.1 Å². The highest BCUT2D eigenvalue weighted by Gasteiger charge is 2.55. The highest BCUT2D eigenvalue weighted by molar-refractivity contribution is 5.90. The summed E-state index contributed by atoms with van der Waals surface area (Å²) in [5.41, 5.74) is 2.06. The predicted molar refractivity (Wildman–Crippen MR) is 139 cm³/mol. The number of anilines is 1. The zero-order valence-electron chi connectivity index (χ0n) is 22.1. The van der Waals surface area contributed by atoms with Gasteiger partial charge in [0, 0.05) is 49.2 Å². The maximum absolute atomic E-state index is 14.1. The maximum atomic E-state index is 14.1. The summed E-state index contributed by atoms with van der Waals surface area (Å²) in [4.78, 5) is 31.6. The second-order valence-corrected chi connectivity index (χ2v) is 11.6. The van der Waals surface area contributed by atoms with Gasteiger partial charge in [0.25, 0.3) is 0 Å². The van der Waals surface area contributed by atoms with Gasteiger partial charge in [0.1, 0.15) is 11.9 Å². The van der Waals surface area contributed by atoms with Gasteiger partial charge < -0.3 is 20.9 Å². The van der Waals surface area contributed by atoms with Crippen molar-refractivity contribution >= 4 is 17.5 Å². The molecule has 0 bridgehead atoms. The van der Waals surface area contributed by atoms with E-state index in [0.717, 1.165) is 31.7 Å². The molecule has 0 radical (unpaired) electrons. The summed E-state index contributed by atoms with van der Waals surface area (Å²) in [5, 5.41) is 9.44. The van der Waals surface area contributed by atoms with Crippen LogP contribution in [0.5, 0.6) is 0 Å². The Balaban J connectivity index is 1.43. The lowest BCUT2D eigenvalue weighted by Gasteiger charge is -2.35. The number of likely N-dealkylation sites (tertiary alicyclic amines) is 2. The van der Waals surface area contributed by atoms with Crippen molar-refractivity contribution in [2.24, 2.45) is 11.8 Å². The fraction of sp³-hybridized carbons (Fsp3) is 0.714. The third-order valence-corrected chi connectivity index (χ3v) is 9.28. The second-order valence-electron chi connectivity index (χ2n) is 11.6. The van der Waals surface area contributed by atoms with Gasteiger partial charge in [-0.15, -0.1) is 0 Å². The number of halogens is 1. The summed E-state index contributed by atoms with van der Waals surface area (Å²) in [7, 11) is 1.75. The topological polar surface area (TPSA) is 76.7 Å². The summed E-state index contributed by atoms with van der Waals surface area (Å²) >= 11 is 0. The number of likely N-dealkylation sites (N-methyl/N-ethyl adjacent to an activating group) is 1. The Morgan fingerprint density at radius 2 is 1.89 bits per heavy atom. The zero-order valence-corrected chi connectivity index (χ0v) is 22.1. The standard InChI is InChI=1S/C28H42FN5O2/c1-16(2)25(32-27(35)17(3)30-4)28(36)33-12-11-24-26(33)22(15-34(24)19-7-5-6-8-19)21-14-31-23-13-18(29)9-10-20(21)23/h9-10,13,16-17,19,21-22,24-26,30-31H,5-8,11-12,14-15H2,1-4H3,(H,32,35)/t17-,21?,22+,24+,25-,26+/m0/s1. The van der Waals surface area contributed by atoms with Crippen molar-refractivity contribution in [2.75, 3.05) is 32.0 Å². The van der Waals surface area contributed by atoms with Crippen LogP contribution in [-0.4, -0.2) is 78.5 Å². The molecule has 2 amide bonds. The average molecular weight is 500 g/mol. The fourth-order valence-electron chi connectivity index (χ4n) is 7.26. The molecule has 3 fully saturated rings. The van der Waals surface area contributed by atoms with Crippen LogP contribution in [0.2, 0.25) is 0 Å². The fourth-order valence-corrected chi connectivity index (χ4v) is 7.26. The number of nitrogens with one attached hydrogen (secondary N) is 3. The minimum Gasteiger partial charge on any atom is -0.384 e. The van der Waals surface area contributed by atoms with Gasteiger partial charge in [0.15, 0.2) is 0 Å². The Hall–Kier alpha value is -2.19. The van der Waals surface area contributed by atoms with E-state index in [-0.39, 0.29) is 47.5 Å². The lowest BCUT2D eigenvalue weighted by Crippen LogP contribution is -2.57. The van der Waals surface area contributed by atoms with Crippen LogP contribution in [0.4, 0.5) is 10.1 Å². The van der Waals surface area contributed by atoms with Gasteiger partial charge in [-0.3, -0.25) is 14.5 Å². The van der Waals surface area contributed by atoms with Crippen LogP contribution in [0.15, 0.2) is 18.2 Å². The lowest BCUT2D eigenvalue weighted by atomic mass is 9.82. The normalized spacial score (nSPS) is 29.8. The maximum Gasteiger partial charge on any atom is 0.245 e. The second kappa shape index (κ2) is 10.3. The van der Waals surface area contributed by atoms with Crippen molar-refractivity contribution < 1.29 is 14.0 Å². The van der Waals surface area contributed by atoms with Gasteiger partial charge in [-0.05, 0) is 56.8 Å². The van der Waals surface area contributed by atoms with Crippen molar-refractivity contribution in [3.05, 3.63) is 29.6 Å². The SMILES string of the molecule is CN[C@@H](C)C(=O)N[C@H](C(=O)N1CC[C@@H]2[C@H]1[C@@H](C1CNc3cc(F)ccc31)CN2C1CCCC1)C(C)C. The number of amides is 2. The molecule has 0 spiro atoms. The Morgan fingerprint density at radius 3 is 2.58 bits per heavy atom. The smallest absolute Gasteiger partial charge is 0.245 e. The third-order valence-electron chi connectivity index (χ3n) is 9.28. The zero-order chi connectivity index (χ0) is 25.6. The summed E-state index contributed by atoms with van der Waals surface area (Å²) in [6.45, 7) is 8.29. The van der Waals surface area contributed by atoms with Crippen LogP contribution in [-0.2, 0) is 9.59 Å². The molecular weight excluding hydrogens is 457 g/mol. The van der Waals surface area contributed by atoms with Gasteiger partial charge in [0.2, 0.25) is 11.8 Å².